The van der Waals surface area contributed by atoms with Crippen molar-refractivity contribution in [3.05, 3.63) is 35.4 Å². The lowest BCUT2D eigenvalue weighted by molar-refractivity contribution is 0.169. The number of hydrogen-bond acceptors (Lipinski definition) is 2. The molecule has 1 atom stereocenters. The number of nitrogens with one attached hydrogen (secondary N) is 1. The zero-order valence-electron chi connectivity index (χ0n) is 14.3. The van der Waals surface area contributed by atoms with Crippen LogP contribution in [0.25, 0.3) is 0 Å². The summed E-state index contributed by atoms with van der Waals surface area (Å²) in [5.74, 6) is 0.638. The molecule has 20 heavy (non-hydrogen) atoms. The Morgan fingerprint density at radius 1 is 1.15 bits per heavy atom. The van der Waals surface area contributed by atoms with Gasteiger partial charge in [-0.05, 0) is 51.8 Å². The summed E-state index contributed by atoms with van der Waals surface area (Å²) in [5, 5.41) is 3.64. The van der Waals surface area contributed by atoms with Crippen LogP contribution < -0.4 is 5.32 Å². The van der Waals surface area contributed by atoms with Crippen LogP contribution in [-0.4, -0.2) is 30.1 Å². The molecule has 1 N–H and O–H groups in total. The zero-order chi connectivity index (χ0) is 15.3. The van der Waals surface area contributed by atoms with Crippen molar-refractivity contribution in [2.75, 3.05) is 13.6 Å². The summed E-state index contributed by atoms with van der Waals surface area (Å²) in [7, 11) is 2.24. The topological polar surface area (TPSA) is 15.3 Å². The third kappa shape index (κ3) is 5.64. The molecule has 0 radical (unpaired) electrons. The Labute approximate surface area is 125 Å². The third-order valence-corrected chi connectivity index (χ3v) is 3.86. The molecule has 0 heterocycles. The largest absolute Gasteiger partial charge is 0.311 e. The van der Waals surface area contributed by atoms with Gasteiger partial charge in [-0.2, -0.15) is 0 Å². The molecule has 0 amide bonds. The van der Waals surface area contributed by atoms with E-state index in [9.17, 15) is 0 Å². The van der Waals surface area contributed by atoms with Crippen molar-refractivity contribution in [1.82, 2.24) is 10.2 Å². The first-order valence-corrected chi connectivity index (χ1v) is 7.70. The molecule has 2 nitrogen and oxygen atoms in total. The molecule has 0 saturated carbocycles. The van der Waals surface area contributed by atoms with Crippen LogP contribution in [0.15, 0.2) is 24.3 Å². The van der Waals surface area contributed by atoms with Crippen LogP contribution in [0.1, 0.15) is 45.7 Å². The summed E-state index contributed by atoms with van der Waals surface area (Å²) in [6.07, 6.45) is 0. The van der Waals surface area contributed by atoms with Crippen LogP contribution >= 0.6 is 0 Å². The molecule has 1 rings (SSSR count). The highest BCUT2D eigenvalue weighted by atomic mass is 15.2. The lowest BCUT2D eigenvalue weighted by atomic mass is 9.99. The molecule has 1 aromatic carbocycles. The summed E-state index contributed by atoms with van der Waals surface area (Å²) in [4.78, 5) is 2.48. The van der Waals surface area contributed by atoms with Crippen LogP contribution in [0.4, 0.5) is 0 Å². The molecular formula is C18H32N2. The second-order valence-electron chi connectivity index (χ2n) is 7.28. The molecular weight excluding hydrogens is 244 g/mol. The summed E-state index contributed by atoms with van der Waals surface area (Å²) in [5.41, 5.74) is 2.98. The van der Waals surface area contributed by atoms with E-state index in [-0.39, 0.29) is 5.54 Å². The molecule has 0 saturated heterocycles. The van der Waals surface area contributed by atoms with E-state index < -0.39 is 0 Å². The standard InChI is InChI=1S/C18H32N2/c1-14(2)17(12-19-18(4,5)6)20(7)13-16-11-9-8-10-15(16)3/h8-11,14,17,19H,12-13H2,1-7H3. The number of likely N-dealkylation sites (N-methyl/N-ethyl adjacent to an activating group) is 1. The molecule has 0 aliphatic rings. The maximum Gasteiger partial charge on any atom is 0.0244 e. The van der Waals surface area contributed by atoms with Gasteiger partial charge in [0.15, 0.2) is 0 Å². The Kier molecular flexibility index (Phi) is 6.22. The molecule has 0 fully saturated rings. The van der Waals surface area contributed by atoms with E-state index >= 15 is 0 Å². The number of benzene rings is 1. The van der Waals surface area contributed by atoms with Gasteiger partial charge in [0.1, 0.15) is 0 Å². The first kappa shape index (κ1) is 17.2. The first-order valence-electron chi connectivity index (χ1n) is 7.70. The highest BCUT2D eigenvalue weighted by Gasteiger charge is 2.21. The van der Waals surface area contributed by atoms with Gasteiger partial charge in [0.05, 0.1) is 0 Å². The van der Waals surface area contributed by atoms with Gasteiger partial charge in [-0.25, -0.2) is 0 Å². The highest BCUT2D eigenvalue weighted by molar-refractivity contribution is 5.25. The lowest BCUT2D eigenvalue weighted by Crippen LogP contribution is -2.48. The number of rotatable bonds is 6. The van der Waals surface area contributed by atoms with Gasteiger partial charge >= 0.3 is 0 Å². The van der Waals surface area contributed by atoms with Gasteiger partial charge in [0.25, 0.3) is 0 Å². The lowest BCUT2D eigenvalue weighted by Gasteiger charge is -2.34. The summed E-state index contributed by atoms with van der Waals surface area (Å²) in [6.45, 7) is 15.5. The maximum atomic E-state index is 3.64. The minimum atomic E-state index is 0.177. The Balaban J connectivity index is 2.69. The van der Waals surface area contributed by atoms with Crippen molar-refractivity contribution < 1.29 is 0 Å². The van der Waals surface area contributed by atoms with Crippen molar-refractivity contribution in [3.8, 4) is 0 Å². The fourth-order valence-corrected chi connectivity index (χ4v) is 2.48. The first-order chi connectivity index (χ1) is 9.20. The van der Waals surface area contributed by atoms with E-state index in [1.165, 1.54) is 11.1 Å². The van der Waals surface area contributed by atoms with Gasteiger partial charge in [0.2, 0.25) is 0 Å². The SMILES string of the molecule is Cc1ccccc1CN(C)C(CNC(C)(C)C)C(C)C. The highest BCUT2D eigenvalue weighted by Crippen LogP contribution is 2.16. The van der Waals surface area contributed by atoms with E-state index in [4.69, 9.17) is 0 Å². The Bertz CT molecular complexity index is 404. The van der Waals surface area contributed by atoms with E-state index in [1.807, 2.05) is 0 Å². The van der Waals surface area contributed by atoms with Crippen molar-refractivity contribution >= 4 is 0 Å². The third-order valence-electron chi connectivity index (χ3n) is 3.86. The summed E-state index contributed by atoms with van der Waals surface area (Å²) < 4.78 is 0. The fourth-order valence-electron chi connectivity index (χ4n) is 2.48. The number of nitrogens with zero attached hydrogens (tertiary/aromatic N) is 1. The number of aryl methyl sites for hydroxylation is 1. The quantitative estimate of drug-likeness (QED) is 0.849. The second kappa shape index (κ2) is 7.24. The molecule has 0 bridgehead atoms. The van der Waals surface area contributed by atoms with Gasteiger partial charge in [-0.15, -0.1) is 0 Å². The van der Waals surface area contributed by atoms with E-state index in [0.29, 0.717) is 12.0 Å². The average Bonchev–Trinajstić information content (AvgIpc) is 2.30. The van der Waals surface area contributed by atoms with Crippen LogP contribution in [0, 0.1) is 12.8 Å². The molecule has 0 aliphatic heterocycles. The van der Waals surface area contributed by atoms with E-state index in [1.54, 1.807) is 0 Å². The summed E-state index contributed by atoms with van der Waals surface area (Å²) in [6, 6.07) is 9.23. The minimum absolute atomic E-state index is 0.177. The Hall–Kier alpha value is -0.860. The van der Waals surface area contributed by atoms with Crippen molar-refractivity contribution in [3.63, 3.8) is 0 Å². The molecule has 1 unspecified atom stereocenters. The average molecular weight is 276 g/mol. The second-order valence-corrected chi connectivity index (χ2v) is 7.28. The Morgan fingerprint density at radius 3 is 2.25 bits per heavy atom. The van der Waals surface area contributed by atoms with Crippen molar-refractivity contribution in [1.29, 1.82) is 0 Å². The van der Waals surface area contributed by atoms with Gasteiger partial charge in [-0.1, -0.05) is 38.1 Å². The fraction of sp³-hybridized carbons (Fsp3) is 0.667. The van der Waals surface area contributed by atoms with Crippen molar-refractivity contribution in [2.24, 2.45) is 5.92 Å². The number of hydrogen-bond donors (Lipinski definition) is 1. The maximum absolute atomic E-state index is 3.64. The summed E-state index contributed by atoms with van der Waals surface area (Å²) >= 11 is 0. The minimum Gasteiger partial charge on any atom is -0.311 e. The van der Waals surface area contributed by atoms with Gasteiger partial charge < -0.3 is 5.32 Å². The zero-order valence-corrected chi connectivity index (χ0v) is 14.3. The Morgan fingerprint density at radius 2 is 1.75 bits per heavy atom. The van der Waals surface area contributed by atoms with E-state index in [2.05, 4.69) is 83.1 Å². The van der Waals surface area contributed by atoms with Crippen LogP contribution in [-0.2, 0) is 6.54 Å². The van der Waals surface area contributed by atoms with Gasteiger partial charge in [-0.3, -0.25) is 4.90 Å². The van der Waals surface area contributed by atoms with Crippen LogP contribution in [0.5, 0.6) is 0 Å². The molecule has 2 heteroatoms. The molecule has 114 valence electrons. The van der Waals surface area contributed by atoms with Crippen molar-refractivity contribution in [2.45, 2.75) is 59.7 Å². The normalized spacial score (nSPS) is 14.1. The van der Waals surface area contributed by atoms with E-state index in [0.717, 1.165) is 13.1 Å². The molecule has 0 aromatic heterocycles. The van der Waals surface area contributed by atoms with Crippen LogP contribution in [0.2, 0.25) is 0 Å². The predicted octanol–water partition coefficient (Wildman–Crippen LogP) is 3.84. The monoisotopic (exact) mass is 276 g/mol. The molecule has 0 aliphatic carbocycles. The smallest absolute Gasteiger partial charge is 0.0244 e. The van der Waals surface area contributed by atoms with Crippen LogP contribution in [0.3, 0.4) is 0 Å². The molecule has 1 aromatic rings. The molecule has 0 spiro atoms. The predicted molar refractivity (Wildman–Crippen MR) is 89.0 cm³/mol. The van der Waals surface area contributed by atoms with Gasteiger partial charge in [0, 0.05) is 24.7 Å².